The molecule has 0 fully saturated rings. The zero-order valence-corrected chi connectivity index (χ0v) is 10.4. The van der Waals surface area contributed by atoms with Crippen LogP contribution in [0.5, 0.6) is 11.5 Å². The van der Waals surface area contributed by atoms with E-state index >= 15 is 0 Å². The first kappa shape index (κ1) is 13.4. The largest absolute Gasteiger partial charge is 0.508 e. The van der Waals surface area contributed by atoms with Crippen molar-refractivity contribution in [1.29, 1.82) is 0 Å². The number of carbonyl (C=O) groups is 1. The summed E-state index contributed by atoms with van der Waals surface area (Å²) >= 11 is 0. The Bertz CT molecular complexity index is 625. The monoisotopic (exact) mass is 272 g/mol. The minimum atomic E-state index is -0.543. The molecule has 0 aliphatic heterocycles. The van der Waals surface area contributed by atoms with E-state index in [-0.39, 0.29) is 17.1 Å². The van der Waals surface area contributed by atoms with Crippen LogP contribution >= 0.6 is 0 Å². The maximum atomic E-state index is 11.7. The van der Waals surface area contributed by atoms with Gasteiger partial charge in [0, 0.05) is 17.8 Å². The Balaban J connectivity index is 1.91. The molecule has 6 nitrogen and oxygen atoms in total. The van der Waals surface area contributed by atoms with Crippen LogP contribution in [0.3, 0.4) is 0 Å². The normalized spacial score (nSPS) is 11.2. The van der Waals surface area contributed by atoms with E-state index in [0.29, 0.717) is 5.76 Å². The topological polar surface area (TPSA) is 95.1 Å². The summed E-state index contributed by atoms with van der Waals surface area (Å²) < 4.78 is 5.07. The minimum absolute atomic E-state index is 0.106. The predicted molar refractivity (Wildman–Crippen MR) is 73.5 cm³/mol. The summed E-state index contributed by atoms with van der Waals surface area (Å²) in [6, 6.07) is 7.12. The standard InChI is InChI=1S/C14H12N2O4/c17-11-7-10(8-12(18)9-11)14(19)16-15-5-1-3-13-4-2-6-20-13/h1-9,17-18H,(H,16,19)/b3-1+,15-5+. The van der Waals surface area contributed by atoms with Crippen molar-refractivity contribution in [2.45, 2.75) is 0 Å². The van der Waals surface area contributed by atoms with Crippen molar-refractivity contribution in [2.75, 3.05) is 0 Å². The number of aromatic hydroxyl groups is 2. The number of hydrogen-bond donors (Lipinski definition) is 3. The smallest absolute Gasteiger partial charge is 0.271 e. The Kier molecular flexibility index (Phi) is 4.18. The number of allylic oxidation sites excluding steroid dienone is 1. The van der Waals surface area contributed by atoms with Crippen LogP contribution in [-0.4, -0.2) is 22.3 Å². The maximum Gasteiger partial charge on any atom is 0.271 e. The van der Waals surface area contributed by atoms with Gasteiger partial charge in [-0.3, -0.25) is 4.79 Å². The highest BCUT2D eigenvalue weighted by Gasteiger charge is 2.06. The first-order valence-electron chi connectivity index (χ1n) is 5.72. The van der Waals surface area contributed by atoms with E-state index in [2.05, 4.69) is 10.5 Å². The lowest BCUT2D eigenvalue weighted by molar-refractivity contribution is 0.0954. The molecular weight excluding hydrogens is 260 g/mol. The third-order valence-electron chi connectivity index (χ3n) is 2.30. The van der Waals surface area contributed by atoms with Gasteiger partial charge in [0.25, 0.3) is 5.91 Å². The molecule has 1 aromatic heterocycles. The summed E-state index contributed by atoms with van der Waals surface area (Å²) in [6.07, 6.45) is 6.20. The molecule has 102 valence electrons. The number of phenolic OH excluding ortho intramolecular Hbond substituents is 2. The van der Waals surface area contributed by atoms with Crippen LogP contribution in [0.2, 0.25) is 0 Å². The molecule has 0 radical (unpaired) electrons. The molecule has 0 saturated heterocycles. The Morgan fingerprint density at radius 2 is 2.00 bits per heavy atom. The number of hydrogen-bond acceptors (Lipinski definition) is 5. The van der Waals surface area contributed by atoms with E-state index in [4.69, 9.17) is 4.42 Å². The van der Waals surface area contributed by atoms with Gasteiger partial charge >= 0.3 is 0 Å². The molecule has 1 aromatic carbocycles. The lowest BCUT2D eigenvalue weighted by Gasteiger charge is -2.01. The molecular formula is C14H12N2O4. The lowest BCUT2D eigenvalue weighted by Crippen LogP contribution is -2.17. The number of furan rings is 1. The van der Waals surface area contributed by atoms with E-state index in [0.717, 1.165) is 6.07 Å². The number of amides is 1. The van der Waals surface area contributed by atoms with Crippen molar-refractivity contribution in [1.82, 2.24) is 5.43 Å². The molecule has 6 heteroatoms. The lowest BCUT2D eigenvalue weighted by atomic mass is 10.2. The second-order valence-electron chi connectivity index (χ2n) is 3.83. The average Bonchev–Trinajstić information content (AvgIpc) is 2.90. The van der Waals surface area contributed by atoms with E-state index in [1.807, 2.05) is 0 Å². The zero-order chi connectivity index (χ0) is 14.4. The van der Waals surface area contributed by atoms with Gasteiger partial charge in [0.2, 0.25) is 0 Å². The molecule has 0 saturated carbocycles. The summed E-state index contributed by atoms with van der Waals surface area (Å²) in [7, 11) is 0. The molecule has 2 rings (SSSR count). The van der Waals surface area contributed by atoms with Crippen LogP contribution in [0.15, 0.2) is 52.2 Å². The Hall–Kier alpha value is -3.02. The summed E-state index contributed by atoms with van der Waals surface area (Å²) in [5.41, 5.74) is 2.37. The molecule has 2 aromatic rings. The van der Waals surface area contributed by atoms with Gasteiger partial charge in [-0.25, -0.2) is 5.43 Å². The van der Waals surface area contributed by atoms with Crippen molar-refractivity contribution in [3.8, 4) is 11.5 Å². The first-order chi connectivity index (χ1) is 9.65. The van der Waals surface area contributed by atoms with E-state index in [1.165, 1.54) is 18.3 Å². The Labute approximate surface area is 114 Å². The molecule has 0 spiro atoms. The minimum Gasteiger partial charge on any atom is -0.508 e. The number of carbonyl (C=O) groups excluding carboxylic acids is 1. The molecule has 0 bridgehead atoms. The van der Waals surface area contributed by atoms with E-state index in [1.54, 1.807) is 30.5 Å². The number of nitrogens with one attached hydrogen (secondary N) is 1. The van der Waals surface area contributed by atoms with Crippen molar-refractivity contribution >= 4 is 18.2 Å². The van der Waals surface area contributed by atoms with Crippen molar-refractivity contribution in [2.24, 2.45) is 5.10 Å². The molecule has 0 atom stereocenters. The third-order valence-corrected chi connectivity index (χ3v) is 2.30. The predicted octanol–water partition coefficient (Wildman–Crippen LogP) is 2.12. The van der Waals surface area contributed by atoms with Gasteiger partial charge in [0.15, 0.2) is 0 Å². The molecule has 0 unspecified atom stereocenters. The fourth-order valence-corrected chi connectivity index (χ4v) is 1.45. The van der Waals surface area contributed by atoms with Gasteiger partial charge in [-0.1, -0.05) is 0 Å². The highest BCUT2D eigenvalue weighted by Crippen LogP contribution is 2.20. The van der Waals surface area contributed by atoms with Crippen molar-refractivity contribution in [3.05, 3.63) is 54.0 Å². The SMILES string of the molecule is O=C(N/N=C/C=C/c1ccco1)c1cc(O)cc(O)c1. The fourth-order valence-electron chi connectivity index (χ4n) is 1.45. The van der Waals surface area contributed by atoms with Crippen LogP contribution in [0.1, 0.15) is 16.1 Å². The molecule has 3 N–H and O–H groups in total. The van der Waals surface area contributed by atoms with Crippen LogP contribution in [0, 0.1) is 0 Å². The van der Waals surface area contributed by atoms with E-state index in [9.17, 15) is 15.0 Å². The summed E-state index contributed by atoms with van der Waals surface area (Å²) in [6.45, 7) is 0. The second kappa shape index (κ2) is 6.24. The highest BCUT2D eigenvalue weighted by molar-refractivity contribution is 5.95. The van der Waals surface area contributed by atoms with Crippen LogP contribution in [-0.2, 0) is 0 Å². The van der Waals surface area contributed by atoms with Gasteiger partial charge in [-0.05, 0) is 36.4 Å². The highest BCUT2D eigenvalue weighted by atomic mass is 16.3. The first-order valence-corrected chi connectivity index (χ1v) is 5.72. The third kappa shape index (κ3) is 3.74. The maximum absolute atomic E-state index is 11.7. The molecule has 1 amide bonds. The van der Waals surface area contributed by atoms with Crippen molar-refractivity contribution < 1.29 is 19.4 Å². The Morgan fingerprint density at radius 1 is 1.25 bits per heavy atom. The quantitative estimate of drug-likeness (QED) is 0.587. The van der Waals surface area contributed by atoms with Crippen LogP contribution in [0.4, 0.5) is 0 Å². The van der Waals surface area contributed by atoms with Gasteiger partial charge in [-0.2, -0.15) is 5.10 Å². The van der Waals surface area contributed by atoms with Crippen LogP contribution < -0.4 is 5.43 Å². The van der Waals surface area contributed by atoms with Gasteiger partial charge in [0.1, 0.15) is 17.3 Å². The number of hydrazone groups is 1. The number of rotatable bonds is 4. The van der Waals surface area contributed by atoms with Gasteiger partial charge < -0.3 is 14.6 Å². The average molecular weight is 272 g/mol. The second-order valence-corrected chi connectivity index (χ2v) is 3.83. The van der Waals surface area contributed by atoms with Gasteiger partial charge in [-0.15, -0.1) is 0 Å². The molecule has 1 heterocycles. The number of nitrogens with zero attached hydrogens (tertiary/aromatic N) is 1. The van der Waals surface area contributed by atoms with Crippen molar-refractivity contribution in [3.63, 3.8) is 0 Å². The molecule has 20 heavy (non-hydrogen) atoms. The van der Waals surface area contributed by atoms with Crippen LogP contribution in [0.25, 0.3) is 6.08 Å². The molecule has 0 aliphatic rings. The summed E-state index contributed by atoms with van der Waals surface area (Å²) in [5.74, 6) is -0.270. The van der Waals surface area contributed by atoms with E-state index < -0.39 is 5.91 Å². The fraction of sp³-hybridized carbons (Fsp3) is 0. The number of benzene rings is 1. The van der Waals surface area contributed by atoms with Gasteiger partial charge in [0.05, 0.1) is 6.26 Å². The summed E-state index contributed by atoms with van der Waals surface area (Å²) in [5, 5.41) is 22.2. The number of phenols is 2. The summed E-state index contributed by atoms with van der Waals surface area (Å²) in [4.78, 5) is 11.7. The Morgan fingerprint density at radius 3 is 2.65 bits per heavy atom. The zero-order valence-electron chi connectivity index (χ0n) is 10.4. The molecule has 0 aliphatic carbocycles.